The van der Waals surface area contributed by atoms with Gasteiger partial charge in [-0.1, -0.05) is 0 Å². The van der Waals surface area contributed by atoms with Gasteiger partial charge in [0.15, 0.2) is 11.5 Å². The fraction of sp³-hybridized carbons (Fsp3) is 0.500. The van der Waals surface area contributed by atoms with Crippen LogP contribution < -0.4 is 9.47 Å². The lowest BCUT2D eigenvalue weighted by Gasteiger charge is -2.18. The van der Waals surface area contributed by atoms with Gasteiger partial charge in [0.25, 0.3) is 0 Å². The van der Waals surface area contributed by atoms with E-state index in [1.165, 1.54) is 0 Å². The topological polar surface area (TPSA) is 47.9 Å². The van der Waals surface area contributed by atoms with Gasteiger partial charge in [0.1, 0.15) is 6.10 Å². The van der Waals surface area contributed by atoms with Crippen molar-refractivity contribution in [1.82, 2.24) is 0 Å². The lowest BCUT2D eigenvalue weighted by Crippen LogP contribution is -2.18. The summed E-state index contributed by atoms with van der Waals surface area (Å²) in [6.45, 7) is 2.37. The van der Waals surface area contributed by atoms with Crippen LogP contribution in [-0.4, -0.2) is 32.0 Å². The Balaban J connectivity index is 2.97. The molecule has 17 heavy (non-hydrogen) atoms. The van der Waals surface area contributed by atoms with Crippen LogP contribution in [0.4, 0.5) is 0 Å². The first kappa shape index (κ1) is 14.3. The number of halogens is 1. The summed E-state index contributed by atoms with van der Waals surface area (Å²) < 4.78 is 16.7. The molecule has 1 aromatic rings. The van der Waals surface area contributed by atoms with Crippen LogP contribution >= 0.6 is 15.9 Å². The van der Waals surface area contributed by atoms with E-state index in [2.05, 4.69) is 15.9 Å². The molecule has 0 spiro atoms. The van der Waals surface area contributed by atoms with Crippen LogP contribution in [0.5, 0.6) is 11.5 Å². The Hall–Kier alpha value is -0.780. The third-order valence-electron chi connectivity index (χ3n) is 2.19. The number of rotatable bonds is 6. The molecule has 96 valence electrons. The number of aliphatic hydroxyl groups excluding tert-OH is 1. The third-order valence-corrected chi connectivity index (χ3v) is 2.78. The highest BCUT2D eigenvalue weighted by Gasteiger charge is 2.14. The van der Waals surface area contributed by atoms with E-state index in [4.69, 9.17) is 19.3 Å². The molecule has 4 nitrogen and oxygen atoms in total. The van der Waals surface area contributed by atoms with E-state index in [0.29, 0.717) is 18.1 Å². The fourth-order valence-electron chi connectivity index (χ4n) is 1.45. The number of methoxy groups -OCH3 is 2. The molecule has 1 N–H and O–H groups in total. The first-order chi connectivity index (χ1) is 8.12. The Morgan fingerprint density at radius 2 is 2.06 bits per heavy atom. The average molecular weight is 305 g/mol. The Morgan fingerprint density at radius 3 is 2.59 bits per heavy atom. The van der Waals surface area contributed by atoms with Gasteiger partial charge in [-0.25, -0.2) is 0 Å². The molecule has 1 atom stereocenters. The molecule has 0 bridgehead atoms. The first-order valence-electron chi connectivity index (χ1n) is 5.25. The second-order valence-electron chi connectivity index (χ2n) is 3.65. The molecule has 0 heterocycles. The number of ether oxygens (including phenoxy) is 3. The van der Waals surface area contributed by atoms with Gasteiger partial charge in [0.05, 0.1) is 24.8 Å². The van der Waals surface area contributed by atoms with Crippen LogP contribution in [0, 0.1) is 0 Å². The quantitative estimate of drug-likeness (QED) is 0.876. The van der Waals surface area contributed by atoms with Crippen molar-refractivity contribution in [2.75, 3.05) is 20.8 Å². The van der Waals surface area contributed by atoms with E-state index in [1.54, 1.807) is 26.4 Å². The molecular formula is C12H17BrO4. The maximum Gasteiger partial charge on any atom is 0.175 e. The Kier molecular flexibility index (Phi) is 5.74. The molecule has 1 aromatic carbocycles. The SMILES string of the molecule is COCC(C)Oc1c(Br)cc(CO)cc1OC. The lowest BCUT2D eigenvalue weighted by atomic mass is 10.2. The van der Waals surface area contributed by atoms with Crippen LogP contribution in [0.1, 0.15) is 12.5 Å². The van der Waals surface area contributed by atoms with Crippen LogP contribution in [0.15, 0.2) is 16.6 Å². The highest BCUT2D eigenvalue weighted by atomic mass is 79.9. The van der Waals surface area contributed by atoms with Gasteiger partial charge in [0, 0.05) is 7.11 Å². The van der Waals surface area contributed by atoms with E-state index in [1.807, 2.05) is 6.92 Å². The van der Waals surface area contributed by atoms with Gasteiger partial charge in [-0.15, -0.1) is 0 Å². The largest absolute Gasteiger partial charge is 0.493 e. The summed E-state index contributed by atoms with van der Waals surface area (Å²) in [5.41, 5.74) is 0.764. The van der Waals surface area contributed by atoms with Gasteiger partial charge in [-0.3, -0.25) is 0 Å². The van der Waals surface area contributed by atoms with Gasteiger partial charge in [-0.05, 0) is 40.5 Å². The Labute approximate surface area is 110 Å². The summed E-state index contributed by atoms with van der Waals surface area (Å²) in [4.78, 5) is 0. The minimum Gasteiger partial charge on any atom is -0.493 e. The van der Waals surface area contributed by atoms with E-state index in [0.717, 1.165) is 10.0 Å². The number of hydrogen-bond acceptors (Lipinski definition) is 4. The zero-order valence-corrected chi connectivity index (χ0v) is 11.8. The molecule has 0 aromatic heterocycles. The Bertz CT molecular complexity index is 368. The monoisotopic (exact) mass is 304 g/mol. The summed E-state index contributed by atoms with van der Waals surface area (Å²) in [5.74, 6) is 1.21. The first-order valence-corrected chi connectivity index (χ1v) is 6.04. The maximum absolute atomic E-state index is 9.10. The molecular weight excluding hydrogens is 288 g/mol. The zero-order chi connectivity index (χ0) is 12.8. The van der Waals surface area contributed by atoms with Crippen molar-refractivity contribution in [3.8, 4) is 11.5 Å². The molecule has 0 radical (unpaired) electrons. The standard InChI is InChI=1S/C12H17BrO4/c1-8(7-15-2)17-12-10(13)4-9(6-14)5-11(12)16-3/h4-5,8,14H,6-7H2,1-3H3. The summed E-state index contributed by atoms with van der Waals surface area (Å²) in [6.07, 6.45) is -0.0785. The minimum atomic E-state index is -0.0785. The molecule has 0 amide bonds. The van der Waals surface area contributed by atoms with Gasteiger partial charge < -0.3 is 19.3 Å². The van der Waals surface area contributed by atoms with E-state index in [9.17, 15) is 0 Å². The maximum atomic E-state index is 9.10. The summed E-state index contributed by atoms with van der Waals surface area (Å²) in [5, 5.41) is 9.10. The highest BCUT2D eigenvalue weighted by molar-refractivity contribution is 9.10. The second-order valence-corrected chi connectivity index (χ2v) is 4.51. The second kappa shape index (κ2) is 6.83. The van der Waals surface area contributed by atoms with Crippen LogP contribution in [-0.2, 0) is 11.3 Å². The summed E-state index contributed by atoms with van der Waals surface area (Å²) in [7, 11) is 3.19. The molecule has 1 rings (SSSR count). The zero-order valence-electron chi connectivity index (χ0n) is 10.2. The van der Waals surface area contributed by atoms with Gasteiger partial charge in [-0.2, -0.15) is 0 Å². The molecule has 0 aliphatic rings. The van der Waals surface area contributed by atoms with Crippen LogP contribution in [0.2, 0.25) is 0 Å². The molecule has 0 saturated carbocycles. The highest BCUT2D eigenvalue weighted by Crippen LogP contribution is 2.37. The van der Waals surface area contributed by atoms with Crippen molar-refractivity contribution in [1.29, 1.82) is 0 Å². The van der Waals surface area contributed by atoms with Crippen molar-refractivity contribution in [3.05, 3.63) is 22.2 Å². The summed E-state index contributed by atoms with van der Waals surface area (Å²) >= 11 is 3.40. The van der Waals surface area contributed by atoms with Crippen molar-refractivity contribution in [3.63, 3.8) is 0 Å². The fourth-order valence-corrected chi connectivity index (χ4v) is 2.03. The predicted molar refractivity (Wildman–Crippen MR) is 68.6 cm³/mol. The van der Waals surface area contributed by atoms with E-state index in [-0.39, 0.29) is 12.7 Å². The predicted octanol–water partition coefficient (Wildman–Crippen LogP) is 2.36. The molecule has 5 heteroatoms. The normalized spacial score (nSPS) is 12.3. The van der Waals surface area contributed by atoms with Crippen molar-refractivity contribution in [2.24, 2.45) is 0 Å². The summed E-state index contributed by atoms with van der Waals surface area (Å²) in [6, 6.07) is 3.55. The number of benzene rings is 1. The smallest absolute Gasteiger partial charge is 0.175 e. The van der Waals surface area contributed by atoms with Crippen LogP contribution in [0.3, 0.4) is 0 Å². The molecule has 0 fully saturated rings. The lowest BCUT2D eigenvalue weighted by molar-refractivity contribution is 0.0894. The van der Waals surface area contributed by atoms with Crippen LogP contribution in [0.25, 0.3) is 0 Å². The number of aliphatic hydroxyl groups is 1. The van der Waals surface area contributed by atoms with Gasteiger partial charge >= 0.3 is 0 Å². The molecule has 0 saturated heterocycles. The van der Waals surface area contributed by atoms with Crippen molar-refractivity contribution in [2.45, 2.75) is 19.6 Å². The van der Waals surface area contributed by atoms with Crippen molar-refractivity contribution >= 4 is 15.9 Å². The molecule has 0 aliphatic heterocycles. The van der Waals surface area contributed by atoms with Crippen molar-refractivity contribution < 1.29 is 19.3 Å². The van der Waals surface area contributed by atoms with E-state index >= 15 is 0 Å². The van der Waals surface area contributed by atoms with Gasteiger partial charge in [0.2, 0.25) is 0 Å². The Morgan fingerprint density at radius 1 is 1.35 bits per heavy atom. The minimum absolute atomic E-state index is 0.0388. The molecule has 0 aliphatic carbocycles. The average Bonchev–Trinajstić information content (AvgIpc) is 2.31. The third kappa shape index (κ3) is 3.87. The molecule has 1 unspecified atom stereocenters. The number of hydrogen-bond donors (Lipinski definition) is 1. The van der Waals surface area contributed by atoms with E-state index < -0.39 is 0 Å².